The molecular formula is C13H12N2O3. The third-order valence-corrected chi connectivity index (χ3v) is 2.59. The van der Waals surface area contributed by atoms with Crippen LogP contribution >= 0.6 is 0 Å². The summed E-state index contributed by atoms with van der Waals surface area (Å²) < 4.78 is 6.83. The van der Waals surface area contributed by atoms with E-state index >= 15 is 0 Å². The number of hydrogen-bond donors (Lipinski definition) is 1. The maximum Gasteiger partial charge on any atom is 0.311 e. The molecular weight excluding hydrogens is 232 g/mol. The Balaban J connectivity index is 2.59. The summed E-state index contributed by atoms with van der Waals surface area (Å²) in [4.78, 5) is 15.1. The van der Waals surface area contributed by atoms with E-state index in [1.54, 1.807) is 23.8 Å². The number of fused-ring (bicyclic) bond motifs is 1. The lowest BCUT2D eigenvalue weighted by Gasteiger charge is -2.03. The van der Waals surface area contributed by atoms with Crippen LogP contribution in [-0.4, -0.2) is 27.7 Å². The van der Waals surface area contributed by atoms with Gasteiger partial charge in [0.05, 0.1) is 24.7 Å². The van der Waals surface area contributed by atoms with Crippen molar-refractivity contribution < 1.29 is 14.6 Å². The number of methoxy groups -OCH3 is 1. The Morgan fingerprint density at radius 2 is 2.39 bits per heavy atom. The second-order valence-electron chi connectivity index (χ2n) is 3.74. The summed E-state index contributed by atoms with van der Waals surface area (Å²) in [6, 6.07) is 5.37. The second-order valence-corrected chi connectivity index (χ2v) is 3.74. The average Bonchev–Trinajstić information content (AvgIpc) is 2.66. The monoisotopic (exact) mass is 244 g/mol. The number of hydrogen-bond acceptors (Lipinski definition) is 3. The minimum absolute atomic E-state index is 0.154. The van der Waals surface area contributed by atoms with E-state index in [9.17, 15) is 4.79 Å². The van der Waals surface area contributed by atoms with E-state index in [0.717, 1.165) is 5.52 Å². The summed E-state index contributed by atoms with van der Waals surface area (Å²) in [6.45, 7) is 0.297. The molecule has 5 heteroatoms. The number of carboxylic acids is 1. The molecule has 0 bridgehead atoms. The van der Waals surface area contributed by atoms with Gasteiger partial charge in [-0.1, -0.05) is 5.92 Å². The lowest BCUT2D eigenvalue weighted by atomic mass is 10.3. The van der Waals surface area contributed by atoms with Crippen molar-refractivity contribution in [3.63, 3.8) is 0 Å². The zero-order valence-corrected chi connectivity index (χ0v) is 9.88. The van der Waals surface area contributed by atoms with Crippen molar-refractivity contribution in [2.24, 2.45) is 0 Å². The van der Waals surface area contributed by atoms with Gasteiger partial charge in [-0.3, -0.25) is 4.79 Å². The van der Waals surface area contributed by atoms with Crippen molar-refractivity contribution in [2.45, 2.75) is 13.0 Å². The number of imidazole rings is 1. The molecule has 1 N–H and O–H groups in total. The standard InChI is InChI=1S/C13H12N2O3/c1-3-6-15-11-5-4-9(18-2)7-10(11)14-12(15)8-13(16)17/h1,4-5,7H,6,8H2,2H3,(H,16,17). The third kappa shape index (κ3) is 2.13. The number of aliphatic carboxylic acids is 1. The quantitative estimate of drug-likeness (QED) is 0.823. The molecule has 2 aromatic rings. The summed E-state index contributed by atoms with van der Waals surface area (Å²) in [5, 5.41) is 8.86. The molecule has 0 aliphatic carbocycles. The number of rotatable bonds is 4. The van der Waals surface area contributed by atoms with Gasteiger partial charge in [0, 0.05) is 6.07 Å². The molecule has 0 fully saturated rings. The fourth-order valence-corrected chi connectivity index (χ4v) is 1.82. The van der Waals surface area contributed by atoms with E-state index in [-0.39, 0.29) is 6.42 Å². The number of terminal acetylenes is 1. The average molecular weight is 244 g/mol. The molecule has 0 radical (unpaired) electrons. The second kappa shape index (κ2) is 4.80. The van der Waals surface area contributed by atoms with E-state index in [1.165, 1.54) is 0 Å². The highest BCUT2D eigenvalue weighted by Gasteiger charge is 2.13. The first-order valence-corrected chi connectivity index (χ1v) is 5.34. The molecule has 0 aliphatic rings. The lowest BCUT2D eigenvalue weighted by Crippen LogP contribution is -2.08. The van der Waals surface area contributed by atoms with Gasteiger partial charge in [0.25, 0.3) is 0 Å². The number of aromatic nitrogens is 2. The van der Waals surface area contributed by atoms with E-state index in [2.05, 4.69) is 10.9 Å². The SMILES string of the molecule is C#CCn1c(CC(=O)O)nc2cc(OC)ccc21. The van der Waals surface area contributed by atoms with Crippen LogP contribution in [-0.2, 0) is 17.8 Å². The van der Waals surface area contributed by atoms with Crippen LogP contribution in [0.1, 0.15) is 5.82 Å². The van der Waals surface area contributed by atoms with Crippen LogP contribution in [0.4, 0.5) is 0 Å². The molecule has 0 amide bonds. The molecule has 0 unspecified atom stereocenters. The molecule has 18 heavy (non-hydrogen) atoms. The molecule has 0 spiro atoms. The number of carbonyl (C=O) groups is 1. The van der Waals surface area contributed by atoms with Crippen molar-refractivity contribution >= 4 is 17.0 Å². The molecule has 0 aliphatic heterocycles. The zero-order valence-electron chi connectivity index (χ0n) is 9.88. The number of ether oxygens (including phenoxy) is 1. The van der Waals surface area contributed by atoms with Gasteiger partial charge in [-0.15, -0.1) is 6.42 Å². The van der Waals surface area contributed by atoms with Crippen LogP contribution in [0.2, 0.25) is 0 Å². The largest absolute Gasteiger partial charge is 0.497 e. The Bertz CT molecular complexity index is 637. The van der Waals surface area contributed by atoms with Crippen molar-refractivity contribution in [3.8, 4) is 18.1 Å². The van der Waals surface area contributed by atoms with Crippen LogP contribution in [0.25, 0.3) is 11.0 Å². The minimum Gasteiger partial charge on any atom is -0.497 e. The van der Waals surface area contributed by atoms with Crippen molar-refractivity contribution in [2.75, 3.05) is 7.11 Å². The molecule has 0 saturated heterocycles. The smallest absolute Gasteiger partial charge is 0.311 e. The van der Waals surface area contributed by atoms with Gasteiger partial charge in [0.15, 0.2) is 0 Å². The predicted molar refractivity (Wildman–Crippen MR) is 66.5 cm³/mol. The Labute approximate surface area is 104 Å². The van der Waals surface area contributed by atoms with E-state index in [0.29, 0.717) is 23.6 Å². The molecule has 1 heterocycles. The maximum absolute atomic E-state index is 10.8. The highest BCUT2D eigenvalue weighted by molar-refractivity contribution is 5.79. The first-order chi connectivity index (χ1) is 8.65. The third-order valence-electron chi connectivity index (χ3n) is 2.59. The van der Waals surface area contributed by atoms with Crippen molar-refractivity contribution in [1.29, 1.82) is 0 Å². The lowest BCUT2D eigenvalue weighted by molar-refractivity contribution is -0.136. The van der Waals surface area contributed by atoms with Crippen LogP contribution in [0.5, 0.6) is 5.75 Å². The van der Waals surface area contributed by atoms with Gasteiger partial charge in [-0.25, -0.2) is 4.98 Å². The van der Waals surface area contributed by atoms with Gasteiger partial charge in [0.2, 0.25) is 0 Å². The number of benzene rings is 1. The van der Waals surface area contributed by atoms with Crippen LogP contribution in [0.15, 0.2) is 18.2 Å². The van der Waals surface area contributed by atoms with Crippen LogP contribution in [0.3, 0.4) is 0 Å². The fraction of sp³-hybridized carbons (Fsp3) is 0.231. The highest BCUT2D eigenvalue weighted by atomic mass is 16.5. The summed E-state index contributed by atoms with van der Waals surface area (Å²) in [6.07, 6.45) is 5.14. The summed E-state index contributed by atoms with van der Waals surface area (Å²) in [5.41, 5.74) is 1.49. The predicted octanol–water partition coefficient (Wildman–Crippen LogP) is 1.31. The summed E-state index contributed by atoms with van der Waals surface area (Å²) in [5.74, 6) is 2.69. The summed E-state index contributed by atoms with van der Waals surface area (Å²) >= 11 is 0. The van der Waals surface area contributed by atoms with Crippen LogP contribution < -0.4 is 4.74 Å². The van der Waals surface area contributed by atoms with E-state index < -0.39 is 5.97 Å². The fourth-order valence-electron chi connectivity index (χ4n) is 1.82. The Morgan fingerprint density at radius 3 is 3.00 bits per heavy atom. The molecule has 1 aromatic carbocycles. The number of nitrogens with zero attached hydrogens (tertiary/aromatic N) is 2. The Kier molecular flexibility index (Phi) is 3.20. The highest BCUT2D eigenvalue weighted by Crippen LogP contribution is 2.22. The zero-order chi connectivity index (χ0) is 13.1. The van der Waals surface area contributed by atoms with E-state index in [1.807, 2.05) is 6.07 Å². The summed E-state index contributed by atoms with van der Waals surface area (Å²) in [7, 11) is 1.57. The topological polar surface area (TPSA) is 64.4 Å². The molecule has 5 nitrogen and oxygen atoms in total. The first-order valence-electron chi connectivity index (χ1n) is 5.34. The van der Waals surface area contributed by atoms with Crippen molar-refractivity contribution in [1.82, 2.24) is 9.55 Å². The van der Waals surface area contributed by atoms with Gasteiger partial charge in [-0.2, -0.15) is 0 Å². The van der Waals surface area contributed by atoms with Crippen LogP contribution in [0, 0.1) is 12.3 Å². The molecule has 0 atom stereocenters. The Morgan fingerprint density at radius 1 is 1.61 bits per heavy atom. The molecule has 2 rings (SSSR count). The molecule has 1 aromatic heterocycles. The van der Waals surface area contributed by atoms with E-state index in [4.69, 9.17) is 16.3 Å². The molecule has 0 saturated carbocycles. The number of carboxylic acid groups (broad SMARTS) is 1. The Hall–Kier alpha value is -2.48. The van der Waals surface area contributed by atoms with Gasteiger partial charge >= 0.3 is 5.97 Å². The van der Waals surface area contributed by atoms with Gasteiger partial charge in [-0.05, 0) is 12.1 Å². The minimum atomic E-state index is -0.935. The van der Waals surface area contributed by atoms with Crippen molar-refractivity contribution in [3.05, 3.63) is 24.0 Å². The first kappa shape index (κ1) is 12.0. The van der Waals surface area contributed by atoms with Gasteiger partial charge in [0.1, 0.15) is 18.0 Å². The molecule has 92 valence electrons. The maximum atomic E-state index is 10.8. The normalized spacial score (nSPS) is 10.2. The van der Waals surface area contributed by atoms with Gasteiger partial charge < -0.3 is 14.4 Å².